The Kier molecular flexibility index (Phi) is 12.1. The Balaban J connectivity index is 0.00000119. The number of hydrogen-bond donors (Lipinski definition) is 0. The van der Waals surface area contributed by atoms with Crippen molar-refractivity contribution in [2.45, 2.75) is 42.6 Å². The molecule has 3 aromatic rings. The number of rotatable bonds is 3. The van der Waals surface area contributed by atoms with Gasteiger partial charge in [0.25, 0.3) is 0 Å². The van der Waals surface area contributed by atoms with Crippen LogP contribution in [0.25, 0.3) is 0 Å². The third-order valence-electron chi connectivity index (χ3n) is 4.72. The molecule has 49 heavy (non-hydrogen) atoms. The van der Waals surface area contributed by atoms with E-state index in [0.717, 1.165) is 0 Å². The maximum Gasteiger partial charge on any atom is 0.485 e. The van der Waals surface area contributed by atoms with Gasteiger partial charge in [0.15, 0.2) is 10.1 Å². The molecule has 0 saturated heterocycles. The second kappa shape index (κ2) is 13.4. The standard InChI is InChI=1S/C15H3F18GeN6.CHF3O3S.Ge/c16-10(17,18)4-1-7(13(25,26)27)38(35-4)34(39-8(14(28,29)30)2-5(36-39)11(19,20)21)40-9(15(31,32)33)3-6(37-40)12(22,23)24;2-1(3,4)8(5,6)7;/h1-3H;(H,5,6,7);/p-1. The summed E-state index contributed by atoms with van der Waals surface area (Å²) in [6.07, 6.45) is -36.0. The van der Waals surface area contributed by atoms with Crippen LogP contribution in [0.5, 0.6) is 0 Å². The molecule has 0 N–H and O–H groups in total. The summed E-state index contributed by atoms with van der Waals surface area (Å²) in [4.78, 5) is 0. The molecule has 3 heterocycles. The second-order valence-electron chi connectivity index (χ2n) is 8.17. The van der Waals surface area contributed by atoms with Crippen LogP contribution in [0.1, 0.15) is 34.2 Å². The first kappa shape index (κ1) is 44.2. The first-order valence-electron chi connectivity index (χ1n) is 10.5. The number of halogens is 21. The topological polar surface area (TPSA) is 111 Å². The second-order valence-corrected chi connectivity index (χ2v) is 13.5. The van der Waals surface area contributed by atoms with Crippen molar-refractivity contribution in [3.8, 4) is 0 Å². The quantitative estimate of drug-likeness (QED) is 0.138. The van der Waals surface area contributed by atoms with Gasteiger partial charge in [0.05, 0.1) is 0 Å². The van der Waals surface area contributed by atoms with Crippen molar-refractivity contribution >= 4 is 42.7 Å². The summed E-state index contributed by atoms with van der Waals surface area (Å²) in [5, 5.41) is 6.95. The van der Waals surface area contributed by atoms with E-state index in [4.69, 9.17) is 13.0 Å². The third kappa shape index (κ3) is 10.3. The van der Waals surface area contributed by atoms with Crippen LogP contribution in [0.15, 0.2) is 18.2 Å². The van der Waals surface area contributed by atoms with Crippen molar-refractivity contribution in [2.24, 2.45) is 0 Å². The summed E-state index contributed by atoms with van der Waals surface area (Å²) in [6, 6.07) is -2.76. The molecule has 0 aliphatic heterocycles. The zero-order valence-corrected chi connectivity index (χ0v) is 26.5. The van der Waals surface area contributed by atoms with Gasteiger partial charge in [0, 0.05) is 17.6 Å². The van der Waals surface area contributed by atoms with Crippen LogP contribution in [-0.2, 0) is 47.2 Å². The fourth-order valence-corrected chi connectivity index (χ4v) is 7.82. The summed E-state index contributed by atoms with van der Waals surface area (Å²) in [6.45, 7) is 0. The molecule has 3 rings (SSSR count). The maximum absolute atomic E-state index is 13.6. The van der Waals surface area contributed by atoms with Gasteiger partial charge in [-0.3, -0.25) is 0 Å². The van der Waals surface area contributed by atoms with Crippen molar-refractivity contribution in [3.05, 3.63) is 52.4 Å². The van der Waals surface area contributed by atoms with E-state index in [1.165, 1.54) is 0 Å². The molecule has 0 unspecified atom stereocenters. The van der Waals surface area contributed by atoms with Crippen LogP contribution in [0.3, 0.4) is 0 Å². The van der Waals surface area contributed by atoms with Crippen LogP contribution in [-0.4, -0.2) is 77.3 Å². The van der Waals surface area contributed by atoms with E-state index < -0.39 is 131 Å². The fraction of sp³-hybridized carbons (Fsp3) is 0.438. The molecule has 277 valence electrons. The van der Waals surface area contributed by atoms with Gasteiger partial charge in [0.1, 0.15) is 0 Å². The van der Waals surface area contributed by atoms with Gasteiger partial charge in [-0.25, -0.2) is 8.42 Å². The Morgan fingerprint density at radius 2 is 0.653 bits per heavy atom. The number of alkyl halides is 21. The molecule has 0 aromatic carbocycles. The monoisotopic (exact) mass is 906 g/mol. The van der Waals surface area contributed by atoms with E-state index in [0.29, 0.717) is 0 Å². The van der Waals surface area contributed by atoms with Gasteiger partial charge in [-0.15, -0.1) is 0 Å². The minimum atomic E-state index is -6.53. The number of hydrogen-bond acceptors (Lipinski definition) is 6. The smallest absolute Gasteiger partial charge is 0.485 e. The summed E-state index contributed by atoms with van der Waals surface area (Å²) in [5.41, 5.74) is -21.8. The Morgan fingerprint density at radius 1 is 0.469 bits per heavy atom. The first-order valence-corrected chi connectivity index (χ1v) is 14.7. The average Bonchev–Trinajstić information content (AvgIpc) is 3.54. The molecule has 3 aromatic heterocycles. The van der Waals surface area contributed by atoms with E-state index in [9.17, 15) is 92.2 Å². The van der Waals surface area contributed by atoms with Gasteiger partial charge in [-0.1, -0.05) is 0 Å². The molecular formula is C16H3F21Ge2N6O3S-. The minimum absolute atomic E-state index is 0. The Labute approximate surface area is 269 Å². The first-order chi connectivity index (χ1) is 20.9. The largest absolute Gasteiger partial charge is 0.741 e. The van der Waals surface area contributed by atoms with Gasteiger partial charge < -0.3 is 4.55 Å². The predicted octanol–water partition coefficient (Wildman–Crippen LogP) is 5.99. The normalized spacial score (nSPS) is 14.1. The van der Waals surface area contributed by atoms with Crippen molar-refractivity contribution in [3.63, 3.8) is 0 Å². The molecule has 9 nitrogen and oxygen atoms in total. The van der Waals surface area contributed by atoms with Gasteiger partial charge in [-0.05, 0) is 0 Å². The molecule has 0 aliphatic carbocycles. The van der Waals surface area contributed by atoms with Crippen LogP contribution in [0.4, 0.5) is 92.2 Å². The van der Waals surface area contributed by atoms with E-state index in [-0.39, 0.29) is 17.6 Å². The van der Waals surface area contributed by atoms with E-state index in [2.05, 4.69) is 15.3 Å². The minimum Gasteiger partial charge on any atom is -0.741 e. The summed E-state index contributed by atoms with van der Waals surface area (Å²) in [7, 11) is -6.09. The molecule has 0 spiro atoms. The Hall–Kier alpha value is -2.84. The van der Waals surface area contributed by atoms with E-state index >= 15 is 0 Å². The van der Waals surface area contributed by atoms with E-state index in [1.54, 1.807) is 0 Å². The van der Waals surface area contributed by atoms with Crippen molar-refractivity contribution in [1.29, 1.82) is 0 Å². The average molecular weight is 903 g/mol. The van der Waals surface area contributed by atoms with Crippen molar-refractivity contribution in [1.82, 2.24) is 26.2 Å². The Bertz CT molecular complexity index is 1550. The van der Waals surface area contributed by atoms with Gasteiger partial charge in [0.2, 0.25) is 0 Å². The molecule has 0 bridgehead atoms. The zero-order chi connectivity index (χ0) is 38.0. The third-order valence-corrected chi connectivity index (χ3v) is 9.82. The molecule has 0 saturated carbocycles. The Morgan fingerprint density at radius 3 is 0.776 bits per heavy atom. The maximum atomic E-state index is 13.6. The predicted molar refractivity (Wildman–Crippen MR) is 110 cm³/mol. The van der Waals surface area contributed by atoms with Crippen LogP contribution in [0, 0.1) is 0 Å². The van der Waals surface area contributed by atoms with Crippen molar-refractivity contribution in [2.75, 3.05) is 0 Å². The molecular weight excluding hydrogens is 900 g/mol. The molecule has 0 amide bonds. The zero-order valence-electron chi connectivity index (χ0n) is 21.5. The van der Waals surface area contributed by atoms with Gasteiger partial charge in [-0.2, -0.15) is 13.2 Å². The van der Waals surface area contributed by atoms with Crippen LogP contribution >= 0.6 is 0 Å². The summed E-state index contributed by atoms with van der Waals surface area (Å²) < 4.78 is 297. The van der Waals surface area contributed by atoms with Crippen LogP contribution < -0.4 is 0 Å². The number of aromatic nitrogens is 6. The fourth-order valence-electron chi connectivity index (χ4n) is 2.89. The van der Waals surface area contributed by atoms with E-state index in [1.807, 2.05) is 0 Å². The molecule has 33 heteroatoms. The molecule has 0 atom stereocenters. The summed E-state index contributed by atoms with van der Waals surface area (Å²) >= 11 is -6.53. The van der Waals surface area contributed by atoms with Crippen LogP contribution in [0.2, 0.25) is 0 Å². The number of nitrogens with zero attached hydrogens (tertiary/aromatic N) is 6. The van der Waals surface area contributed by atoms with Gasteiger partial charge >= 0.3 is 215 Å². The molecule has 0 aliphatic rings. The molecule has 5 radical (unpaired) electrons. The SMILES string of the molecule is FC(F)(F)c1cc(C(F)(F)F)[n]([Ge]([n]2nc(C(F)(F)F)cc2C(F)(F)F)[n]2nc(C(F)(F)F)cc2C(F)(F)F)n1.O=S(=O)([O-])C(F)(F)F.[Ge]. The molecule has 0 fully saturated rings. The summed E-state index contributed by atoms with van der Waals surface area (Å²) in [5.74, 6) is 0. The van der Waals surface area contributed by atoms with Crippen molar-refractivity contribution < 1.29 is 105 Å².